The molecule has 0 radical (unpaired) electrons. The predicted octanol–water partition coefficient (Wildman–Crippen LogP) is 2.49. The van der Waals surface area contributed by atoms with Crippen molar-refractivity contribution in [2.75, 3.05) is 11.1 Å². The van der Waals surface area contributed by atoms with Crippen molar-refractivity contribution < 1.29 is 0 Å². The topological polar surface area (TPSA) is 55.9 Å². The van der Waals surface area contributed by atoms with E-state index in [1.54, 1.807) is 0 Å². The molecule has 0 spiro atoms. The Bertz CT molecular complexity index is 522. The number of para-hydroxylation sites is 1. The van der Waals surface area contributed by atoms with Crippen LogP contribution in [0.5, 0.6) is 0 Å². The van der Waals surface area contributed by atoms with Gasteiger partial charge in [0.1, 0.15) is 0 Å². The average Bonchev–Trinajstić information content (AvgIpc) is 2.69. The quantitative estimate of drug-likeness (QED) is 0.812. The van der Waals surface area contributed by atoms with E-state index in [0.717, 1.165) is 35.6 Å². The van der Waals surface area contributed by atoms with Gasteiger partial charge in [0.15, 0.2) is 0 Å². The lowest BCUT2D eigenvalue weighted by Gasteiger charge is -2.11. The number of nitrogen functional groups attached to an aromatic ring is 1. The molecule has 0 saturated carbocycles. The number of aryl methyl sites for hydroxylation is 3. The normalized spacial score (nSPS) is 10.6. The van der Waals surface area contributed by atoms with Crippen LogP contribution in [0.3, 0.4) is 0 Å². The summed E-state index contributed by atoms with van der Waals surface area (Å²) in [4.78, 5) is 0. The molecule has 2 aromatic rings. The van der Waals surface area contributed by atoms with Crippen molar-refractivity contribution >= 4 is 11.4 Å². The number of hydrogen-bond acceptors (Lipinski definition) is 3. The minimum Gasteiger partial charge on any atom is -0.397 e. The summed E-state index contributed by atoms with van der Waals surface area (Å²) in [6, 6.07) is 5.94. The number of aromatic nitrogens is 2. The lowest BCUT2D eigenvalue weighted by Crippen LogP contribution is -2.05. The number of nitrogens with two attached hydrogens (primary N) is 1. The lowest BCUT2D eigenvalue weighted by atomic mass is 10.1. The van der Waals surface area contributed by atoms with Gasteiger partial charge in [0.25, 0.3) is 0 Å². The van der Waals surface area contributed by atoms with Crippen LogP contribution in [0, 0.1) is 6.92 Å². The molecule has 0 aliphatic heterocycles. The highest BCUT2D eigenvalue weighted by Gasteiger charge is 2.07. The zero-order chi connectivity index (χ0) is 13.1. The zero-order valence-corrected chi connectivity index (χ0v) is 11.2. The molecule has 0 unspecified atom stereocenters. The van der Waals surface area contributed by atoms with E-state index in [0.29, 0.717) is 0 Å². The summed E-state index contributed by atoms with van der Waals surface area (Å²) in [5.74, 6) is 0. The van der Waals surface area contributed by atoms with Crippen LogP contribution in [0.4, 0.5) is 11.4 Å². The third-order valence-corrected chi connectivity index (χ3v) is 3.09. The van der Waals surface area contributed by atoms with Crippen molar-refractivity contribution in [3.8, 4) is 0 Å². The largest absolute Gasteiger partial charge is 0.397 e. The Hall–Kier alpha value is -1.97. The standard InChI is InChI=1S/C14H20N4/c1-4-13-11(9-18(3)17-13)8-16-14-10(2)6-5-7-12(14)15/h5-7,9,16H,4,8,15H2,1-3H3. The van der Waals surface area contributed by atoms with Crippen LogP contribution in [0.15, 0.2) is 24.4 Å². The first-order valence-corrected chi connectivity index (χ1v) is 6.22. The molecule has 0 aliphatic carbocycles. The Morgan fingerprint density at radius 2 is 2.17 bits per heavy atom. The van der Waals surface area contributed by atoms with Crippen LogP contribution in [0.2, 0.25) is 0 Å². The smallest absolute Gasteiger partial charge is 0.0671 e. The van der Waals surface area contributed by atoms with Gasteiger partial charge in [-0.25, -0.2) is 0 Å². The highest BCUT2D eigenvalue weighted by molar-refractivity contribution is 5.69. The summed E-state index contributed by atoms with van der Waals surface area (Å²) < 4.78 is 1.86. The minimum atomic E-state index is 0.756. The Morgan fingerprint density at radius 1 is 1.39 bits per heavy atom. The molecule has 4 nitrogen and oxygen atoms in total. The summed E-state index contributed by atoms with van der Waals surface area (Å²) in [7, 11) is 1.95. The van der Waals surface area contributed by atoms with Crippen molar-refractivity contribution in [2.24, 2.45) is 7.05 Å². The van der Waals surface area contributed by atoms with Gasteiger partial charge in [-0.3, -0.25) is 4.68 Å². The van der Waals surface area contributed by atoms with Gasteiger partial charge in [-0.2, -0.15) is 5.10 Å². The first-order valence-electron chi connectivity index (χ1n) is 6.22. The van der Waals surface area contributed by atoms with Gasteiger partial charge in [0.2, 0.25) is 0 Å². The highest BCUT2D eigenvalue weighted by atomic mass is 15.3. The van der Waals surface area contributed by atoms with Gasteiger partial charge in [0.05, 0.1) is 17.1 Å². The third-order valence-electron chi connectivity index (χ3n) is 3.09. The molecule has 1 aromatic heterocycles. The number of hydrogen-bond donors (Lipinski definition) is 2. The number of rotatable bonds is 4. The van der Waals surface area contributed by atoms with Gasteiger partial charge in [-0.15, -0.1) is 0 Å². The van der Waals surface area contributed by atoms with Crippen molar-refractivity contribution in [3.05, 3.63) is 41.2 Å². The van der Waals surface area contributed by atoms with Crippen LogP contribution in [-0.4, -0.2) is 9.78 Å². The summed E-state index contributed by atoms with van der Waals surface area (Å²) in [6.07, 6.45) is 3.00. The van der Waals surface area contributed by atoms with E-state index >= 15 is 0 Å². The molecule has 0 amide bonds. The maximum Gasteiger partial charge on any atom is 0.0671 e. The number of anilines is 2. The maximum absolute atomic E-state index is 5.98. The molecule has 96 valence electrons. The van der Waals surface area contributed by atoms with Gasteiger partial charge >= 0.3 is 0 Å². The van der Waals surface area contributed by atoms with Gasteiger partial charge in [-0.1, -0.05) is 19.1 Å². The van der Waals surface area contributed by atoms with Crippen LogP contribution < -0.4 is 11.1 Å². The van der Waals surface area contributed by atoms with Crippen molar-refractivity contribution in [1.82, 2.24) is 9.78 Å². The second kappa shape index (κ2) is 5.12. The van der Waals surface area contributed by atoms with Crippen LogP contribution in [0.25, 0.3) is 0 Å². The van der Waals surface area contributed by atoms with Gasteiger partial charge in [0, 0.05) is 25.4 Å². The SMILES string of the molecule is CCc1nn(C)cc1CNc1c(C)cccc1N. The molecule has 0 atom stereocenters. The Balaban J connectivity index is 2.16. The Labute approximate surface area is 108 Å². The fraction of sp³-hybridized carbons (Fsp3) is 0.357. The van der Waals surface area contributed by atoms with Crippen LogP contribution in [0.1, 0.15) is 23.7 Å². The fourth-order valence-electron chi connectivity index (χ4n) is 2.14. The summed E-state index contributed by atoms with van der Waals surface area (Å²) in [6.45, 7) is 4.93. The second-order valence-electron chi connectivity index (χ2n) is 4.52. The fourth-order valence-corrected chi connectivity index (χ4v) is 2.14. The van der Waals surface area contributed by atoms with Crippen molar-refractivity contribution in [2.45, 2.75) is 26.8 Å². The van der Waals surface area contributed by atoms with Gasteiger partial charge in [-0.05, 0) is 25.0 Å². The van der Waals surface area contributed by atoms with E-state index in [9.17, 15) is 0 Å². The maximum atomic E-state index is 5.98. The average molecular weight is 244 g/mol. The molecule has 0 saturated heterocycles. The molecule has 18 heavy (non-hydrogen) atoms. The van der Waals surface area contributed by atoms with Crippen LogP contribution in [-0.2, 0) is 20.0 Å². The molecule has 0 bridgehead atoms. The van der Waals surface area contributed by atoms with Crippen LogP contribution >= 0.6 is 0 Å². The zero-order valence-electron chi connectivity index (χ0n) is 11.2. The Kier molecular flexibility index (Phi) is 3.55. The molecule has 4 heteroatoms. The first kappa shape index (κ1) is 12.5. The van der Waals surface area contributed by atoms with E-state index in [4.69, 9.17) is 5.73 Å². The van der Waals surface area contributed by atoms with E-state index < -0.39 is 0 Å². The van der Waals surface area contributed by atoms with Gasteiger partial charge < -0.3 is 11.1 Å². The van der Waals surface area contributed by atoms with E-state index in [2.05, 4.69) is 36.5 Å². The molecule has 2 rings (SSSR count). The van der Waals surface area contributed by atoms with E-state index in [1.807, 2.05) is 23.9 Å². The number of nitrogens with zero attached hydrogens (tertiary/aromatic N) is 2. The predicted molar refractivity (Wildman–Crippen MR) is 75.5 cm³/mol. The first-order chi connectivity index (χ1) is 8.61. The molecule has 0 fully saturated rings. The molecule has 1 aromatic carbocycles. The third kappa shape index (κ3) is 2.47. The second-order valence-corrected chi connectivity index (χ2v) is 4.52. The number of benzene rings is 1. The minimum absolute atomic E-state index is 0.756. The molecule has 1 heterocycles. The molecular formula is C14H20N4. The lowest BCUT2D eigenvalue weighted by molar-refractivity contribution is 0.746. The van der Waals surface area contributed by atoms with E-state index in [1.165, 1.54) is 5.56 Å². The summed E-state index contributed by atoms with van der Waals surface area (Å²) in [5.41, 5.74) is 11.3. The van der Waals surface area contributed by atoms with Crippen molar-refractivity contribution in [3.63, 3.8) is 0 Å². The van der Waals surface area contributed by atoms with Crippen molar-refractivity contribution in [1.29, 1.82) is 0 Å². The molecule has 3 N–H and O–H groups in total. The molecule has 0 aliphatic rings. The van der Waals surface area contributed by atoms with E-state index in [-0.39, 0.29) is 0 Å². The highest BCUT2D eigenvalue weighted by Crippen LogP contribution is 2.23. The molecular weight excluding hydrogens is 224 g/mol. The monoisotopic (exact) mass is 244 g/mol. The number of nitrogens with one attached hydrogen (secondary N) is 1. The Morgan fingerprint density at radius 3 is 2.83 bits per heavy atom. The summed E-state index contributed by atoms with van der Waals surface area (Å²) in [5, 5.41) is 7.84. The summed E-state index contributed by atoms with van der Waals surface area (Å²) >= 11 is 0.